The molecule has 74 valence electrons. The molecule has 0 spiro atoms. The Balaban J connectivity index is 2.57. The van der Waals surface area contributed by atoms with E-state index in [1.54, 1.807) is 18.3 Å². The molecule has 2 rings (SSSR count). The standard InChI is InChI=1S/C12H10N2O/c1-13-7-5-9-6-8-14-12-10(9)3-2-4-11(12)15/h2-4,6,8,15H,5,7H2. The Morgan fingerprint density at radius 1 is 1.33 bits per heavy atom. The molecule has 0 aliphatic rings. The van der Waals surface area contributed by atoms with Crippen molar-refractivity contribution in [3.8, 4) is 5.75 Å². The highest BCUT2D eigenvalue weighted by Gasteiger charge is 2.05. The van der Waals surface area contributed by atoms with Gasteiger partial charge in [0.25, 0.3) is 0 Å². The van der Waals surface area contributed by atoms with Crippen molar-refractivity contribution >= 4 is 10.9 Å². The topological polar surface area (TPSA) is 37.5 Å². The average Bonchev–Trinajstić information content (AvgIpc) is 2.27. The second-order valence-electron chi connectivity index (χ2n) is 3.28. The fourth-order valence-electron chi connectivity index (χ4n) is 1.61. The van der Waals surface area contributed by atoms with Gasteiger partial charge in [-0.15, -0.1) is 0 Å². The molecule has 15 heavy (non-hydrogen) atoms. The quantitative estimate of drug-likeness (QED) is 0.752. The Kier molecular flexibility index (Phi) is 2.51. The minimum Gasteiger partial charge on any atom is -0.506 e. The summed E-state index contributed by atoms with van der Waals surface area (Å²) in [5.74, 6) is 0.192. The van der Waals surface area contributed by atoms with Crippen LogP contribution in [-0.4, -0.2) is 16.6 Å². The predicted octanol–water partition coefficient (Wildman–Crippen LogP) is 2.40. The smallest absolute Gasteiger partial charge is 0.218 e. The first-order chi connectivity index (χ1) is 7.33. The minimum absolute atomic E-state index is 0.192. The van der Waals surface area contributed by atoms with Crippen LogP contribution in [0, 0.1) is 6.57 Å². The fourth-order valence-corrected chi connectivity index (χ4v) is 1.61. The van der Waals surface area contributed by atoms with E-state index in [9.17, 15) is 5.11 Å². The third-order valence-electron chi connectivity index (χ3n) is 2.33. The average molecular weight is 198 g/mol. The summed E-state index contributed by atoms with van der Waals surface area (Å²) in [6.07, 6.45) is 2.37. The van der Waals surface area contributed by atoms with E-state index in [2.05, 4.69) is 9.83 Å². The Bertz CT molecular complexity index is 529. The maximum Gasteiger partial charge on any atom is 0.218 e. The monoisotopic (exact) mass is 198 g/mol. The van der Waals surface area contributed by atoms with E-state index in [-0.39, 0.29) is 5.75 Å². The number of phenols is 1. The second kappa shape index (κ2) is 3.97. The first kappa shape index (κ1) is 9.47. The molecule has 1 aromatic carbocycles. The van der Waals surface area contributed by atoms with Crippen molar-refractivity contribution in [3.63, 3.8) is 0 Å². The van der Waals surface area contributed by atoms with Crippen LogP contribution >= 0.6 is 0 Å². The Hall–Kier alpha value is -2.08. The van der Waals surface area contributed by atoms with Crippen molar-refractivity contribution in [2.75, 3.05) is 6.54 Å². The van der Waals surface area contributed by atoms with Crippen LogP contribution in [0.5, 0.6) is 5.75 Å². The molecule has 0 saturated carbocycles. The van der Waals surface area contributed by atoms with Gasteiger partial charge < -0.3 is 9.95 Å². The Morgan fingerprint density at radius 2 is 2.20 bits per heavy atom. The van der Waals surface area contributed by atoms with Crippen molar-refractivity contribution in [1.82, 2.24) is 4.98 Å². The fraction of sp³-hybridized carbons (Fsp3) is 0.167. The third kappa shape index (κ3) is 1.75. The first-order valence-corrected chi connectivity index (χ1v) is 4.71. The van der Waals surface area contributed by atoms with Gasteiger partial charge in [-0.3, -0.25) is 4.98 Å². The normalized spacial score (nSPS) is 10.1. The van der Waals surface area contributed by atoms with Crippen LogP contribution in [-0.2, 0) is 6.42 Å². The van der Waals surface area contributed by atoms with E-state index < -0.39 is 0 Å². The maximum absolute atomic E-state index is 9.60. The number of nitrogens with zero attached hydrogens (tertiary/aromatic N) is 2. The van der Waals surface area contributed by atoms with Gasteiger partial charge in [0.15, 0.2) is 0 Å². The summed E-state index contributed by atoms with van der Waals surface area (Å²) in [5.41, 5.74) is 1.67. The van der Waals surface area contributed by atoms with Gasteiger partial charge in [-0.2, -0.15) is 0 Å². The number of para-hydroxylation sites is 1. The van der Waals surface area contributed by atoms with Crippen LogP contribution in [0.1, 0.15) is 5.56 Å². The van der Waals surface area contributed by atoms with E-state index in [4.69, 9.17) is 6.57 Å². The highest BCUT2D eigenvalue weighted by atomic mass is 16.3. The molecule has 3 heteroatoms. The van der Waals surface area contributed by atoms with Crippen LogP contribution < -0.4 is 0 Å². The molecule has 0 unspecified atom stereocenters. The van der Waals surface area contributed by atoms with E-state index in [0.29, 0.717) is 18.5 Å². The van der Waals surface area contributed by atoms with Gasteiger partial charge in [-0.05, 0) is 17.7 Å². The summed E-state index contributed by atoms with van der Waals surface area (Å²) in [6, 6.07) is 7.23. The number of rotatable bonds is 2. The zero-order valence-corrected chi connectivity index (χ0v) is 8.14. The third-order valence-corrected chi connectivity index (χ3v) is 2.33. The number of phenolic OH excluding ortho intramolecular Hbond substituents is 1. The molecule has 0 aliphatic carbocycles. The van der Waals surface area contributed by atoms with Gasteiger partial charge in [0.1, 0.15) is 11.3 Å². The van der Waals surface area contributed by atoms with Crippen LogP contribution in [0.15, 0.2) is 30.5 Å². The molecule has 0 atom stereocenters. The van der Waals surface area contributed by atoms with E-state index >= 15 is 0 Å². The minimum atomic E-state index is 0.192. The summed E-state index contributed by atoms with van der Waals surface area (Å²) in [4.78, 5) is 7.45. The molecule has 1 N–H and O–H groups in total. The number of hydrogen-bond acceptors (Lipinski definition) is 2. The number of pyridine rings is 1. The molecule has 0 fully saturated rings. The largest absolute Gasteiger partial charge is 0.506 e. The SMILES string of the molecule is [C-]#[N+]CCc1ccnc2c(O)cccc12. The lowest BCUT2D eigenvalue weighted by Crippen LogP contribution is -1.91. The van der Waals surface area contributed by atoms with Gasteiger partial charge in [0.2, 0.25) is 6.54 Å². The van der Waals surface area contributed by atoms with Crippen molar-refractivity contribution in [1.29, 1.82) is 0 Å². The Labute approximate surface area is 87.8 Å². The van der Waals surface area contributed by atoms with Crippen LogP contribution in [0.3, 0.4) is 0 Å². The number of benzene rings is 1. The van der Waals surface area contributed by atoms with Gasteiger partial charge in [0, 0.05) is 18.0 Å². The molecule has 0 bridgehead atoms. The second-order valence-corrected chi connectivity index (χ2v) is 3.28. The Morgan fingerprint density at radius 3 is 3.00 bits per heavy atom. The summed E-state index contributed by atoms with van der Waals surface area (Å²) < 4.78 is 0. The van der Waals surface area contributed by atoms with E-state index in [0.717, 1.165) is 10.9 Å². The van der Waals surface area contributed by atoms with Gasteiger partial charge in [-0.1, -0.05) is 12.1 Å². The van der Waals surface area contributed by atoms with Crippen molar-refractivity contribution < 1.29 is 5.11 Å². The lowest BCUT2D eigenvalue weighted by atomic mass is 10.1. The molecule has 0 radical (unpaired) electrons. The van der Waals surface area contributed by atoms with Gasteiger partial charge in [0.05, 0.1) is 0 Å². The van der Waals surface area contributed by atoms with Gasteiger partial charge in [-0.25, -0.2) is 6.57 Å². The lowest BCUT2D eigenvalue weighted by Gasteiger charge is -2.03. The van der Waals surface area contributed by atoms with Crippen molar-refractivity contribution in [2.24, 2.45) is 0 Å². The number of fused-ring (bicyclic) bond motifs is 1. The summed E-state index contributed by atoms with van der Waals surface area (Å²) in [7, 11) is 0. The molecule has 2 aromatic rings. The first-order valence-electron chi connectivity index (χ1n) is 4.71. The summed E-state index contributed by atoms with van der Waals surface area (Å²) in [5, 5.41) is 10.5. The molecule has 0 saturated heterocycles. The zero-order chi connectivity index (χ0) is 10.7. The van der Waals surface area contributed by atoms with E-state index in [1.165, 1.54) is 0 Å². The summed E-state index contributed by atoms with van der Waals surface area (Å²) in [6.45, 7) is 7.23. The molecule has 3 nitrogen and oxygen atoms in total. The lowest BCUT2D eigenvalue weighted by molar-refractivity contribution is 0.480. The molecule has 1 heterocycles. The van der Waals surface area contributed by atoms with Crippen LogP contribution in [0.2, 0.25) is 0 Å². The number of aromatic hydroxyl groups is 1. The van der Waals surface area contributed by atoms with Crippen LogP contribution in [0.4, 0.5) is 0 Å². The summed E-state index contributed by atoms with van der Waals surface area (Å²) >= 11 is 0. The zero-order valence-electron chi connectivity index (χ0n) is 8.14. The maximum atomic E-state index is 9.60. The molecular formula is C12H10N2O. The van der Waals surface area contributed by atoms with Gasteiger partial charge >= 0.3 is 0 Å². The number of aromatic nitrogens is 1. The highest BCUT2D eigenvalue weighted by molar-refractivity contribution is 5.86. The highest BCUT2D eigenvalue weighted by Crippen LogP contribution is 2.24. The molecular weight excluding hydrogens is 188 g/mol. The van der Waals surface area contributed by atoms with Crippen molar-refractivity contribution in [3.05, 3.63) is 47.4 Å². The molecule has 0 aliphatic heterocycles. The van der Waals surface area contributed by atoms with Crippen molar-refractivity contribution in [2.45, 2.75) is 6.42 Å². The van der Waals surface area contributed by atoms with E-state index in [1.807, 2.05) is 12.1 Å². The predicted molar refractivity (Wildman–Crippen MR) is 58.6 cm³/mol. The molecule has 1 aromatic heterocycles. The van der Waals surface area contributed by atoms with Crippen LogP contribution in [0.25, 0.3) is 15.7 Å². The molecule has 0 amide bonds. The number of hydrogen-bond donors (Lipinski definition) is 1.